The Bertz CT molecular complexity index is 2410. The van der Waals surface area contributed by atoms with Crippen molar-refractivity contribution in [2.45, 2.75) is 76.7 Å². The van der Waals surface area contributed by atoms with Crippen LogP contribution in [0.3, 0.4) is 0 Å². The lowest BCUT2D eigenvalue weighted by Gasteiger charge is -2.38. The summed E-state index contributed by atoms with van der Waals surface area (Å²) in [7, 11) is 0. The number of rotatable bonds is 13. The molecule has 0 saturated carbocycles. The Hall–Kier alpha value is -6.16. The Morgan fingerprint density at radius 1 is 0.450 bits per heavy atom. The van der Waals surface area contributed by atoms with Crippen LogP contribution < -0.4 is 9.47 Å². The van der Waals surface area contributed by atoms with Crippen molar-refractivity contribution in [2.75, 3.05) is 0 Å². The van der Waals surface area contributed by atoms with E-state index in [4.69, 9.17) is 9.47 Å². The number of hydrogen-bond acceptors (Lipinski definition) is 4. The van der Waals surface area contributed by atoms with Crippen molar-refractivity contribution in [3.05, 3.63) is 196 Å². The second-order valence-corrected chi connectivity index (χ2v) is 15.9. The first-order valence-corrected chi connectivity index (χ1v) is 19.3. The molecule has 60 heavy (non-hydrogen) atoms. The highest BCUT2D eigenvalue weighted by molar-refractivity contribution is 6.09. The minimum atomic E-state index is -5.80. The van der Waals surface area contributed by atoms with Crippen LogP contribution in [-0.2, 0) is 16.4 Å². The topological polar surface area (TPSA) is 52.6 Å². The number of aryl methyl sites for hydroxylation is 1. The Balaban J connectivity index is 1.19. The monoisotopic (exact) mass is 822 g/mol. The van der Waals surface area contributed by atoms with Crippen LogP contribution in [0.5, 0.6) is 17.2 Å². The van der Waals surface area contributed by atoms with E-state index in [1.165, 1.54) is 24.3 Å². The molecule has 0 aromatic heterocycles. The van der Waals surface area contributed by atoms with Gasteiger partial charge in [0.2, 0.25) is 5.41 Å². The number of carbonyl (C=O) groups excluding carboxylic acids is 2. The van der Waals surface area contributed by atoms with Gasteiger partial charge in [0, 0.05) is 22.3 Å². The summed E-state index contributed by atoms with van der Waals surface area (Å²) in [5, 5.41) is 0. The molecule has 0 radical (unpaired) electrons. The van der Waals surface area contributed by atoms with Crippen LogP contribution >= 0.6 is 0 Å². The predicted octanol–water partition coefficient (Wildman–Crippen LogP) is 13.7. The van der Waals surface area contributed by atoms with E-state index in [0.29, 0.717) is 27.8 Å². The molecular formula is C50H44F6O4. The van der Waals surface area contributed by atoms with Crippen molar-refractivity contribution < 1.29 is 45.4 Å². The molecule has 0 spiro atoms. The summed E-state index contributed by atoms with van der Waals surface area (Å²) in [5.41, 5.74) is -3.05. The summed E-state index contributed by atoms with van der Waals surface area (Å²) >= 11 is 0. The standard InChI is InChI=1S/C50H44F6O4/c1-7-46(3,4)37-18-12-34(13-19-37)45(58)36-16-26-41(27-17-36)59-42-28-22-39(23-29-42)48(49(51,52)53,50(54,55)56)40-24-30-43(31-25-40)60-47(5,6)38-20-14-35(15-21-38)44(57)33-10-8-32(2)9-11-33/h8-31H,7H2,1-6H3. The molecule has 0 heterocycles. The minimum absolute atomic E-state index is 0.0104. The number of ether oxygens (including phenoxy) is 2. The molecule has 10 heteroatoms. The first kappa shape index (κ1) is 43.4. The van der Waals surface area contributed by atoms with Gasteiger partial charge in [-0.1, -0.05) is 123 Å². The quantitative estimate of drug-likeness (QED) is 0.0860. The van der Waals surface area contributed by atoms with Gasteiger partial charge in [-0.15, -0.1) is 0 Å². The fourth-order valence-corrected chi connectivity index (χ4v) is 7.03. The summed E-state index contributed by atoms with van der Waals surface area (Å²) in [6, 6.07) is 34.5. The number of ketones is 2. The maximum absolute atomic E-state index is 15.0. The van der Waals surface area contributed by atoms with Gasteiger partial charge >= 0.3 is 12.4 Å². The van der Waals surface area contributed by atoms with Crippen molar-refractivity contribution in [2.24, 2.45) is 0 Å². The van der Waals surface area contributed by atoms with Crippen molar-refractivity contribution in [3.63, 3.8) is 0 Å². The lowest BCUT2D eigenvalue weighted by Crippen LogP contribution is -2.54. The highest BCUT2D eigenvalue weighted by atomic mass is 19.4. The molecule has 0 bridgehead atoms. The van der Waals surface area contributed by atoms with Crippen LogP contribution in [-0.4, -0.2) is 23.9 Å². The molecule has 0 amide bonds. The molecule has 6 aromatic rings. The van der Waals surface area contributed by atoms with Crippen LogP contribution in [0.4, 0.5) is 26.3 Å². The van der Waals surface area contributed by atoms with E-state index < -0.39 is 34.5 Å². The van der Waals surface area contributed by atoms with Crippen LogP contribution in [0.2, 0.25) is 0 Å². The maximum atomic E-state index is 15.0. The third-order valence-corrected chi connectivity index (χ3v) is 11.1. The Morgan fingerprint density at radius 3 is 1.15 bits per heavy atom. The van der Waals surface area contributed by atoms with Crippen LogP contribution in [0.25, 0.3) is 0 Å². The van der Waals surface area contributed by atoms with Crippen LogP contribution in [0.1, 0.15) is 101 Å². The summed E-state index contributed by atoms with van der Waals surface area (Å²) in [5.74, 6) is -0.147. The van der Waals surface area contributed by atoms with Crippen LogP contribution in [0, 0.1) is 6.92 Å². The highest BCUT2D eigenvalue weighted by Crippen LogP contribution is 2.56. The smallest absolute Gasteiger partial charge is 0.411 e. The van der Waals surface area contributed by atoms with Crippen molar-refractivity contribution >= 4 is 11.6 Å². The Morgan fingerprint density at radius 2 is 0.767 bits per heavy atom. The molecule has 0 aliphatic heterocycles. The fraction of sp³-hybridized carbons (Fsp3) is 0.240. The molecule has 0 aliphatic rings. The zero-order valence-corrected chi connectivity index (χ0v) is 34.0. The third kappa shape index (κ3) is 8.74. The van der Waals surface area contributed by atoms with Gasteiger partial charge in [0.15, 0.2) is 11.6 Å². The van der Waals surface area contributed by atoms with E-state index in [1.807, 2.05) is 31.2 Å². The first-order chi connectivity index (χ1) is 28.2. The van der Waals surface area contributed by atoms with Gasteiger partial charge < -0.3 is 9.47 Å². The molecule has 0 saturated heterocycles. The van der Waals surface area contributed by atoms with Gasteiger partial charge in [0.25, 0.3) is 0 Å². The molecule has 0 N–H and O–H groups in total. The average molecular weight is 823 g/mol. The van der Waals surface area contributed by atoms with Gasteiger partial charge in [-0.05, 0) is 103 Å². The summed E-state index contributed by atoms with van der Waals surface area (Å²) in [4.78, 5) is 26.1. The number of hydrogen-bond donors (Lipinski definition) is 0. The zero-order chi connectivity index (χ0) is 43.7. The lowest BCUT2D eigenvalue weighted by atomic mass is 9.73. The summed E-state index contributed by atoms with van der Waals surface area (Å²) in [6.07, 6.45) is -10.7. The fourth-order valence-electron chi connectivity index (χ4n) is 7.03. The summed E-state index contributed by atoms with van der Waals surface area (Å²) in [6.45, 7) is 11.6. The van der Waals surface area contributed by atoms with E-state index in [0.717, 1.165) is 66.1 Å². The molecule has 0 fully saturated rings. The number of benzene rings is 6. The predicted molar refractivity (Wildman–Crippen MR) is 220 cm³/mol. The average Bonchev–Trinajstić information content (AvgIpc) is 3.21. The van der Waals surface area contributed by atoms with Crippen molar-refractivity contribution in [1.29, 1.82) is 0 Å². The van der Waals surface area contributed by atoms with E-state index in [-0.39, 0.29) is 34.2 Å². The molecule has 0 unspecified atom stereocenters. The number of halogens is 6. The Labute approximate surface area is 345 Å². The van der Waals surface area contributed by atoms with Crippen LogP contribution in [0.15, 0.2) is 146 Å². The van der Waals surface area contributed by atoms with E-state index in [9.17, 15) is 35.9 Å². The summed E-state index contributed by atoms with van der Waals surface area (Å²) < 4.78 is 102. The van der Waals surface area contributed by atoms with E-state index in [1.54, 1.807) is 62.4 Å². The van der Waals surface area contributed by atoms with Crippen molar-refractivity contribution in [1.82, 2.24) is 0 Å². The largest absolute Gasteiger partial charge is 0.483 e. The Kier molecular flexibility index (Phi) is 11.9. The lowest BCUT2D eigenvalue weighted by molar-refractivity contribution is -0.288. The second kappa shape index (κ2) is 16.5. The second-order valence-electron chi connectivity index (χ2n) is 15.9. The van der Waals surface area contributed by atoms with E-state index in [2.05, 4.69) is 20.8 Å². The molecule has 6 rings (SSSR count). The molecule has 310 valence electrons. The number of alkyl halides is 6. The molecular weight excluding hydrogens is 779 g/mol. The minimum Gasteiger partial charge on any atom is -0.483 e. The molecule has 0 aliphatic carbocycles. The zero-order valence-electron chi connectivity index (χ0n) is 34.0. The molecule has 4 nitrogen and oxygen atoms in total. The number of carbonyl (C=O) groups is 2. The van der Waals surface area contributed by atoms with E-state index >= 15 is 0 Å². The molecule has 0 atom stereocenters. The SMILES string of the molecule is CCC(C)(C)c1ccc(C(=O)c2ccc(Oc3ccc(C(c4ccc(OC(C)(C)c5ccc(C(=O)c6ccc(C)cc6)cc5)cc4)(C(F)(F)F)C(F)(F)F)cc3)cc2)cc1. The van der Waals surface area contributed by atoms with Gasteiger partial charge in [0.05, 0.1) is 0 Å². The molecule has 6 aromatic carbocycles. The van der Waals surface area contributed by atoms with Gasteiger partial charge in [-0.25, -0.2) is 0 Å². The third-order valence-electron chi connectivity index (χ3n) is 11.1. The first-order valence-electron chi connectivity index (χ1n) is 19.3. The highest BCUT2D eigenvalue weighted by Gasteiger charge is 2.72. The van der Waals surface area contributed by atoms with Gasteiger partial charge in [0.1, 0.15) is 22.8 Å². The normalized spacial score (nSPS) is 12.5. The van der Waals surface area contributed by atoms with Crippen molar-refractivity contribution in [3.8, 4) is 17.2 Å². The van der Waals surface area contributed by atoms with Gasteiger partial charge in [-0.2, -0.15) is 26.3 Å². The van der Waals surface area contributed by atoms with Gasteiger partial charge in [-0.3, -0.25) is 9.59 Å². The maximum Gasteiger partial charge on any atom is 0.411 e.